The van der Waals surface area contributed by atoms with Gasteiger partial charge in [0, 0.05) is 11.1 Å². The molecule has 0 spiro atoms. The van der Waals surface area contributed by atoms with Crippen molar-refractivity contribution in [2.75, 3.05) is 14.2 Å². The molecular weight excluding hydrogens is 232 g/mol. The number of allylic oxidation sites excluding steroid dienone is 3. The van der Waals surface area contributed by atoms with E-state index in [0.29, 0.717) is 24.0 Å². The molecule has 0 aromatic rings. The van der Waals surface area contributed by atoms with Gasteiger partial charge in [0.15, 0.2) is 0 Å². The van der Waals surface area contributed by atoms with Gasteiger partial charge in [0.05, 0.1) is 14.2 Å². The van der Waals surface area contributed by atoms with Crippen molar-refractivity contribution in [3.63, 3.8) is 0 Å². The summed E-state index contributed by atoms with van der Waals surface area (Å²) in [5.41, 5.74) is 1.88. The lowest BCUT2D eigenvalue weighted by molar-refractivity contribution is -0.121. The summed E-state index contributed by atoms with van der Waals surface area (Å²) in [6, 6.07) is 0. The van der Waals surface area contributed by atoms with Gasteiger partial charge in [-0.05, 0) is 26.7 Å². The second-order valence-electron chi connectivity index (χ2n) is 4.29. The molecule has 0 unspecified atom stereocenters. The van der Waals surface area contributed by atoms with Crippen molar-refractivity contribution >= 4 is 11.6 Å². The molecule has 18 heavy (non-hydrogen) atoms. The SMILES string of the molecule is C=C(C)CCC1=C(C)C(=O)C(OC)=C(OC)C1=O. The van der Waals surface area contributed by atoms with E-state index in [1.165, 1.54) is 14.2 Å². The molecule has 0 fully saturated rings. The molecule has 4 nitrogen and oxygen atoms in total. The quantitative estimate of drug-likeness (QED) is 0.555. The van der Waals surface area contributed by atoms with E-state index in [2.05, 4.69) is 6.58 Å². The van der Waals surface area contributed by atoms with Gasteiger partial charge in [0.2, 0.25) is 23.1 Å². The highest BCUT2D eigenvalue weighted by Crippen LogP contribution is 2.28. The Bertz CT molecular complexity index is 466. The maximum atomic E-state index is 12.2. The van der Waals surface area contributed by atoms with E-state index in [1.54, 1.807) is 6.92 Å². The number of carbonyl (C=O) groups excluding carboxylic acids is 2. The number of ether oxygens (including phenoxy) is 2. The van der Waals surface area contributed by atoms with Crippen LogP contribution in [0.3, 0.4) is 0 Å². The van der Waals surface area contributed by atoms with Gasteiger partial charge >= 0.3 is 0 Å². The highest BCUT2D eigenvalue weighted by molar-refractivity contribution is 6.23. The van der Waals surface area contributed by atoms with Crippen LogP contribution < -0.4 is 0 Å². The fraction of sp³-hybridized carbons (Fsp3) is 0.429. The molecular formula is C14H18O4. The van der Waals surface area contributed by atoms with Crippen molar-refractivity contribution in [2.45, 2.75) is 26.7 Å². The minimum atomic E-state index is -0.286. The van der Waals surface area contributed by atoms with E-state index >= 15 is 0 Å². The molecule has 0 aromatic carbocycles. The molecule has 0 aliphatic heterocycles. The summed E-state index contributed by atoms with van der Waals surface area (Å²) in [5, 5.41) is 0. The molecule has 0 N–H and O–H groups in total. The maximum Gasteiger partial charge on any atom is 0.228 e. The summed E-state index contributed by atoms with van der Waals surface area (Å²) in [7, 11) is 2.71. The number of methoxy groups -OCH3 is 2. The maximum absolute atomic E-state index is 12.2. The average molecular weight is 250 g/mol. The lowest BCUT2D eigenvalue weighted by Crippen LogP contribution is -2.25. The van der Waals surface area contributed by atoms with Gasteiger partial charge in [-0.3, -0.25) is 9.59 Å². The van der Waals surface area contributed by atoms with Crippen LogP contribution in [0.1, 0.15) is 26.7 Å². The third kappa shape index (κ3) is 2.53. The Morgan fingerprint density at radius 2 is 1.61 bits per heavy atom. The van der Waals surface area contributed by atoms with Crippen LogP contribution in [0.4, 0.5) is 0 Å². The number of hydrogen-bond donors (Lipinski definition) is 0. The highest BCUT2D eigenvalue weighted by atomic mass is 16.5. The van der Waals surface area contributed by atoms with E-state index in [1.807, 2.05) is 6.92 Å². The summed E-state index contributed by atoms with van der Waals surface area (Å²) in [4.78, 5) is 24.2. The Morgan fingerprint density at radius 3 is 2.06 bits per heavy atom. The van der Waals surface area contributed by atoms with Crippen LogP contribution >= 0.6 is 0 Å². The molecule has 0 radical (unpaired) electrons. The van der Waals surface area contributed by atoms with E-state index in [4.69, 9.17) is 9.47 Å². The molecule has 0 atom stereocenters. The van der Waals surface area contributed by atoms with Gasteiger partial charge in [0.25, 0.3) is 0 Å². The molecule has 0 amide bonds. The van der Waals surface area contributed by atoms with E-state index in [-0.39, 0.29) is 23.1 Å². The van der Waals surface area contributed by atoms with Gasteiger partial charge in [-0.2, -0.15) is 0 Å². The standard InChI is InChI=1S/C14H18O4/c1-8(2)6-7-10-9(3)11(15)13(17-4)14(18-5)12(10)16/h1,6-7H2,2-5H3. The van der Waals surface area contributed by atoms with Crippen molar-refractivity contribution in [3.8, 4) is 0 Å². The molecule has 98 valence electrons. The molecule has 0 saturated heterocycles. The van der Waals surface area contributed by atoms with Gasteiger partial charge in [-0.25, -0.2) is 0 Å². The van der Waals surface area contributed by atoms with E-state index in [9.17, 15) is 9.59 Å². The summed E-state index contributed by atoms with van der Waals surface area (Å²) < 4.78 is 9.94. The van der Waals surface area contributed by atoms with Crippen molar-refractivity contribution in [1.29, 1.82) is 0 Å². The van der Waals surface area contributed by atoms with Crippen LogP contribution in [-0.2, 0) is 19.1 Å². The second-order valence-corrected chi connectivity index (χ2v) is 4.29. The Kier molecular flexibility index (Phi) is 4.48. The van der Waals surface area contributed by atoms with Gasteiger partial charge in [-0.1, -0.05) is 5.57 Å². The summed E-state index contributed by atoms with van der Waals surface area (Å²) in [5.74, 6) is -0.581. The zero-order chi connectivity index (χ0) is 13.9. The molecule has 1 rings (SSSR count). The third-order valence-electron chi connectivity index (χ3n) is 2.90. The Labute approximate surface area is 107 Å². The minimum absolute atomic E-state index is 0.00943. The summed E-state index contributed by atoms with van der Waals surface area (Å²) in [6.07, 6.45) is 1.17. The first-order valence-corrected chi connectivity index (χ1v) is 5.69. The first-order chi connectivity index (χ1) is 8.43. The van der Waals surface area contributed by atoms with Crippen LogP contribution in [0.15, 0.2) is 34.8 Å². The van der Waals surface area contributed by atoms with E-state index < -0.39 is 0 Å². The zero-order valence-corrected chi connectivity index (χ0v) is 11.3. The van der Waals surface area contributed by atoms with Crippen molar-refractivity contribution in [2.24, 2.45) is 0 Å². The number of rotatable bonds is 5. The summed E-state index contributed by atoms with van der Waals surface area (Å²) in [6.45, 7) is 7.32. The number of carbonyl (C=O) groups is 2. The molecule has 4 heteroatoms. The molecule has 0 bridgehead atoms. The molecule has 0 heterocycles. The van der Waals surface area contributed by atoms with Crippen molar-refractivity contribution in [1.82, 2.24) is 0 Å². The predicted octanol–water partition coefficient (Wildman–Crippen LogP) is 2.32. The number of Topliss-reactive ketones (excluding diaryl/α,β-unsaturated/α-hetero) is 2. The average Bonchev–Trinajstić information content (AvgIpc) is 2.32. The molecule has 1 aliphatic carbocycles. The monoisotopic (exact) mass is 250 g/mol. The van der Waals surface area contributed by atoms with Crippen LogP contribution in [0.25, 0.3) is 0 Å². The number of hydrogen-bond acceptors (Lipinski definition) is 4. The van der Waals surface area contributed by atoms with Crippen LogP contribution in [0, 0.1) is 0 Å². The largest absolute Gasteiger partial charge is 0.489 e. The van der Waals surface area contributed by atoms with Crippen LogP contribution in [0.5, 0.6) is 0 Å². The first kappa shape index (κ1) is 14.2. The van der Waals surface area contributed by atoms with Crippen molar-refractivity contribution in [3.05, 3.63) is 34.8 Å². The van der Waals surface area contributed by atoms with Crippen LogP contribution in [0.2, 0.25) is 0 Å². The Hall–Kier alpha value is -1.84. The Morgan fingerprint density at radius 1 is 1.11 bits per heavy atom. The van der Waals surface area contributed by atoms with Crippen molar-refractivity contribution < 1.29 is 19.1 Å². The molecule has 1 aliphatic rings. The van der Waals surface area contributed by atoms with E-state index in [0.717, 1.165) is 5.57 Å². The summed E-state index contributed by atoms with van der Waals surface area (Å²) >= 11 is 0. The lowest BCUT2D eigenvalue weighted by atomic mass is 9.89. The molecule has 0 aromatic heterocycles. The predicted molar refractivity (Wildman–Crippen MR) is 67.8 cm³/mol. The minimum Gasteiger partial charge on any atom is -0.489 e. The zero-order valence-electron chi connectivity index (χ0n) is 11.3. The normalized spacial score (nSPS) is 16.2. The smallest absolute Gasteiger partial charge is 0.228 e. The van der Waals surface area contributed by atoms with Gasteiger partial charge < -0.3 is 9.47 Å². The topological polar surface area (TPSA) is 52.6 Å². The van der Waals surface area contributed by atoms with Crippen LogP contribution in [-0.4, -0.2) is 25.8 Å². The molecule has 0 saturated carbocycles. The second kappa shape index (κ2) is 5.67. The first-order valence-electron chi connectivity index (χ1n) is 5.69. The van der Waals surface area contributed by atoms with Gasteiger partial charge in [-0.15, -0.1) is 6.58 Å². The number of ketones is 2. The lowest BCUT2D eigenvalue weighted by Gasteiger charge is -2.20. The fourth-order valence-corrected chi connectivity index (χ4v) is 1.83. The highest BCUT2D eigenvalue weighted by Gasteiger charge is 2.34. The Balaban J connectivity index is 3.14. The van der Waals surface area contributed by atoms with Gasteiger partial charge in [0.1, 0.15) is 0 Å². The third-order valence-corrected chi connectivity index (χ3v) is 2.90. The fourth-order valence-electron chi connectivity index (χ4n) is 1.83.